The van der Waals surface area contributed by atoms with E-state index < -0.39 is 5.97 Å². The Morgan fingerprint density at radius 2 is 1.44 bits per heavy atom. The second kappa shape index (κ2) is 12.5. The first kappa shape index (κ1) is 11.9. The van der Waals surface area contributed by atoms with E-state index >= 15 is 0 Å². The molecule has 0 fully saturated rings. The fraction of sp³-hybridized carbons (Fsp3) is 0.929. The summed E-state index contributed by atoms with van der Waals surface area (Å²) in [6, 6.07) is 0. The number of carboxylic acids is 1. The zero-order valence-electron chi connectivity index (χ0n) is 12.6. The molecule has 0 aliphatic heterocycles. The molecule has 0 saturated carbocycles. The second-order valence-corrected chi connectivity index (χ2v) is 4.31. The van der Waals surface area contributed by atoms with Gasteiger partial charge in [0.15, 0.2) is 0 Å². The lowest BCUT2D eigenvalue weighted by atomic mass is 10.1. The van der Waals surface area contributed by atoms with Crippen molar-refractivity contribution in [3.63, 3.8) is 0 Å². The van der Waals surface area contributed by atoms with Crippen LogP contribution in [0.4, 0.5) is 0 Å². The van der Waals surface area contributed by atoms with Gasteiger partial charge in [-0.3, -0.25) is 4.79 Å². The van der Waals surface area contributed by atoms with Gasteiger partial charge in [0, 0.05) is 9.16 Å². The van der Waals surface area contributed by atoms with E-state index in [9.17, 15) is 4.79 Å². The normalized spacial score (nSPS) is 16.3. The molecule has 2 heteroatoms. The van der Waals surface area contributed by atoms with Gasteiger partial charge in [-0.25, -0.2) is 0 Å². The fourth-order valence-corrected chi connectivity index (χ4v) is 1.63. The van der Waals surface area contributed by atoms with Crippen LogP contribution in [0.5, 0.6) is 0 Å². The Labute approximate surface area is 103 Å². The molecule has 2 atom stereocenters. The molecule has 96 valence electrons. The molecule has 0 aromatic rings. The maximum Gasteiger partial charge on any atom is 0.303 e. The van der Waals surface area contributed by atoms with Gasteiger partial charge in [-0.1, -0.05) is 71.1 Å². The molecule has 0 heterocycles. The van der Waals surface area contributed by atoms with Crippen LogP contribution in [-0.4, -0.2) is 11.1 Å². The van der Waals surface area contributed by atoms with Gasteiger partial charge in [-0.05, 0) is 6.42 Å². The SMILES string of the molecule is [3H]C(CCCC)C([3H])CCCCCCCC(=O)O. The average Bonchev–Trinajstić information content (AvgIpc) is 2.34. The van der Waals surface area contributed by atoms with Gasteiger partial charge in [0.2, 0.25) is 0 Å². The van der Waals surface area contributed by atoms with E-state index in [2.05, 4.69) is 6.92 Å². The Morgan fingerprint density at radius 1 is 0.938 bits per heavy atom. The van der Waals surface area contributed by atoms with Crippen molar-refractivity contribution in [2.45, 2.75) is 83.9 Å². The number of carbonyl (C=O) groups is 1. The van der Waals surface area contributed by atoms with Crippen molar-refractivity contribution < 1.29 is 12.6 Å². The standard InChI is InChI=1S/C14H28O2/c1-2-3-4-5-6-7-8-9-10-11-12-13-14(15)16/h2-13H2,1H3,(H,15,16)/i5T,6T. The van der Waals surface area contributed by atoms with Crippen LogP contribution in [0.25, 0.3) is 0 Å². The lowest BCUT2D eigenvalue weighted by Crippen LogP contribution is -1.93. The van der Waals surface area contributed by atoms with Crippen LogP contribution < -0.4 is 0 Å². The molecule has 0 amide bonds. The number of hydrogen-bond acceptors (Lipinski definition) is 1. The zero-order chi connectivity index (χ0) is 13.8. The van der Waals surface area contributed by atoms with E-state index in [1.54, 1.807) is 0 Å². The van der Waals surface area contributed by atoms with Crippen LogP contribution in [0.1, 0.15) is 86.7 Å². The third-order valence-electron chi connectivity index (χ3n) is 2.65. The van der Waals surface area contributed by atoms with Gasteiger partial charge in [0.1, 0.15) is 0 Å². The van der Waals surface area contributed by atoms with Crippen molar-refractivity contribution in [1.82, 2.24) is 0 Å². The van der Waals surface area contributed by atoms with Crippen LogP contribution in [-0.2, 0) is 4.79 Å². The van der Waals surface area contributed by atoms with Gasteiger partial charge in [-0.2, -0.15) is 0 Å². The molecule has 0 saturated heterocycles. The largest absolute Gasteiger partial charge is 0.481 e. The molecule has 0 radical (unpaired) electrons. The van der Waals surface area contributed by atoms with E-state index in [0.29, 0.717) is 0 Å². The highest BCUT2D eigenvalue weighted by atomic mass is 16.4. The summed E-state index contributed by atoms with van der Waals surface area (Å²) in [4.78, 5) is 10.3. The summed E-state index contributed by atoms with van der Waals surface area (Å²) in [5.41, 5.74) is 0. The highest BCUT2D eigenvalue weighted by Gasteiger charge is 1.96. The molecule has 0 bridgehead atoms. The van der Waals surface area contributed by atoms with Crippen LogP contribution in [0.2, 0.25) is 0 Å². The molecule has 0 rings (SSSR count). The predicted octanol–water partition coefficient (Wildman–Crippen LogP) is 4.77. The fourth-order valence-electron chi connectivity index (χ4n) is 1.63. The van der Waals surface area contributed by atoms with Gasteiger partial charge in [0.25, 0.3) is 0 Å². The lowest BCUT2D eigenvalue weighted by molar-refractivity contribution is -0.137. The van der Waals surface area contributed by atoms with Gasteiger partial charge >= 0.3 is 5.97 Å². The monoisotopic (exact) mass is 232 g/mol. The Bertz CT molecular complexity index is 210. The number of unbranched alkanes of at least 4 members (excludes halogenated alkanes) is 5. The van der Waals surface area contributed by atoms with E-state index in [4.69, 9.17) is 7.85 Å². The second-order valence-electron chi connectivity index (χ2n) is 4.31. The molecule has 0 aliphatic rings. The topological polar surface area (TPSA) is 37.3 Å². The summed E-state index contributed by atoms with van der Waals surface area (Å²) in [6.07, 6.45) is 8.48. The summed E-state index contributed by atoms with van der Waals surface area (Å²) in [6.45, 7) is 2.11. The van der Waals surface area contributed by atoms with Gasteiger partial charge in [0.05, 0.1) is 0 Å². The first-order chi connectivity index (χ1) is 8.57. The van der Waals surface area contributed by atoms with Crippen LogP contribution in [0, 0.1) is 0 Å². The summed E-state index contributed by atoms with van der Waals surface area (Å²) < 4.78 is 15.7. The van der Waals surface area contributed by atoms with Crippen molar-refractivity contribution in [1.29, 1.82) is 0 Å². The first-order valence-corrected chi connectivity index (χ1v) is 6.64. The molecule has 2 unspecified atom stereocenters. The Hall–Kier alpha value is -0.530. The first-order valence-electron chi connectivity index (χ1n) is 7.79. The molecular formula is C14H28O2. The van der Waals surface area contributed by atoms with Gasteiger partial charge in [-0.15, -0.1) is 0 Å². The zero-order valence-corrected chi connectivity index (χ0v) is 10.6. The van der Waals surface area contributed by atoms with E-state index in [0.717, 1.165) is 57.8 Å². The Morgan fingerprint density at radius 3 is 2.00 bits per heavy atom. The quantitative estimate of drug-likeness (QED) is 0.492. The minimum absolute atomic E-state index is 0.225. The van der Waals surface area contributed by atoms with Crippen LogP contribution in [0.3, 0.4) is 0 Å². The van der Waals surface area contributed by atoms with Crippen molar-refractivity contribution in [3.05, 3.63) is 0 Å². The van der Waals surface area contributed by atoms with E-state index in [-0.39, 0.29) is 19.2 Å². The average molecular weight is 232 g/mol. The summed E-state index contributed by atoms with van der Waals surface area (Å²) in [5, 5.41) is 8.48. The highest BCUT2D eigenvalue weighted by molar-refractivity contribution is 5.66. The number of carboxylic acid groups (broad SMARTS) is 1. The highest BCUT2D eigenvalue weighted by Crippen LogP contribution is 2.11. The maximum absolute atomic E-state index is 10.3. The lowest BCUT2D eigenvalue weighted by Gasteiger charge is -2.01. The van der Waals surface area contributed by atoms with Gasteiger partial charge < -0.3 is 5.11 Å². The molecule has 0 aromatic heterocycles. The van der Waals surface area contributed by atoms with Crippen molar-refractivity contribution in [2.75, 3.05) is 0 Å². The molecule has 16 heavy (non-hydrogen) atoms. The number of hydrogen-bond donors (Lipinski definition) is 1. The maximum atomic E-state index is 10.3. The third kappa shape index (κ3) is 13.5. The van der Waals surface area contributed by atoms with Crippen LogP contribution in [0.15, 0.2) is 0 Å². The molecule has 2 nitrogen and oxygen atoms in total. The Balaban J connectivity index is 3.34. The molecule has 1 N–H and O–H groups in total. The number of aliphatic carboxylic acids is 1. The molecular weight excluding hydrogens is 200 g/mol. The van der Waals surface area contributed by atoms with E-state index in [1.807, 2.05) is 0 Å². The van der Waals surface area contributed by atoms with Crippen molar-refractivity contribution in [2.24, 2.45) is 0 Å². The van der Waals surface area contributed by atoms with Crippen LogP contribution >= 0.6 is 0 Å². The molecule has 0 aromatic carbocycles. The summed E-state index contributed by atoms with van der Waals surface area (Å²) >= 11 is 0. The number of rotatable bonds is 12. The summed E-state index contributed by atoms with van der Waals surface area (Å²) in [5.74, 6) is -0.714. The Kier molecular flexibility index (Phi) is 9.36. The smallest absolute Gasteiger partial charge is 0.303 e. The summed E-state index contributed by atoms with van der Waals surface area (Å²) in [7, 11) is 0. The van der Waals surface area contributed by atoms with Crippen molar-refractivity contribution >= 4 is 5.97 Å². The third-order valence-corrected chi connectivity index (χ3v) is 2.65. The molecule has 0 aliphatic carbocycles. The minimum Gasteiger partial charge on any atom is -0.481 e. The van der Waals surface area contributed by atoms with Crippen molar-refractivity contribution in [3.8, 4) is 0 Å². The van der Waals surface area contributed by atoms with E-state index in [1.165, 1.54) is 0 Å². The predicted molar refractivity (Wildman–Crippen MR) is 68.7 cm³/mol. The minimum atomic E-state index is -0.714. The molecule has 0 spiro atoms.